The summed E-state index contributed by atoms with van der Waals surface area (Å²) in [6.07, 6.45) is 25.8. The highest BCUT2D eigenvalue weighted by Crippen LogP contribution is 2.14. The zero-order valence-electron chi connectivity index (χ0n) is 24.9. The van der Waals surface area contributed by atoms with E-state index in [1.165, 1.54) is 96.3 Å². The molecule has 0 bridgehead atoms. The van der Waals surface area contributed by atoms with Gasteiger partial charge in [-0.3, -0.25) is 9.59 Å². The Hall–Kier alpha value is -1.10. The first-order chi connectivity index (χ1) is 18.0. The molecule has 1 N–H and O–H groups in total. The Morgan fingerprint density at radius 1 is 0.541 bits per heavy atom. The molecule has 0 aromatic heterocycles. The lowest BCUT2D eigenvalue weighted by atomic mass is 10.0. The summed E-state index contributed by atoms with van der Waals surface area (Å²) in [5.74, 6) is 0.268. The van der Waals surface area contributed by atoms with Gasteiger partial charge in [-0.2, -0.15) is 0 Å². The van der Waals surface area contributed by atoms with E-state index in [4.69, 9.17) is 9.47 Å². The Morgan fingerprint density at radius 2 is 0.865 bits per heavy atom. The topological polar surface area (TPSA) is 72.8 Å². The lowest BCUT2D eigenvalue weighted by Gasteiger charge is -2.12. The minimum absolute atomic E-state index is 0.110. The highest BCUT2D eigenvalue weighted by molar-refractivity contribution is 5.69. The molecule has 0 fully saturated rings. The van der Waals surface area contributed by atoms with Crippen LogP contribution in [-0.4, -0.2) is 36.4 Å². The molecule has 1 atom stereocenters. The maximum atomic E-state index is 11.9. The van der Waals surface area contributed by atoms with Crippen molar-refractivity contribution in [1.82, 2.24) is 0 Å². The van der Waals surface area contributed by atoms with Gasteiger partial charge in [0.1, 0.15) is 19.3 Å². The molecule has 5 heteroatoms. The first-order valence-electron chi connectivity index (χ1n) is 15.9. The van der Waals surface area contributed by atoms with Crippen molar-refractivity contribution in [3.63, 3.8) is 0 Å². The summed E-state index contributed by atoms with van der Waals surface area (Å²) in [6.45, 7) is 6.61. The molecular formula is C32H62O5. The number of carbonyl (C=O) groups is 2. The van der Waals surface area contributed by atoms with Gasteiger partial charge < -0.3 is 14.6 Å². The average Bonchev–Trinajstić information content (AvgIpc) is 2.87. The van der Waals surface area contributed by atoms with Crippen LogP contribution in [-0.2, 0) is 19.1 Å². The van der Waals surface area contributed by atoms with Crippen molar-refractivity contribution in [2.24, 2.45) is 5.92 Å². The SMILES string of the molecule is CCCCCCCCCCCCC(=O)OC[C@@H](O)COC(=O)CCCCCCCCCCCCC(C)C. The number of aliphatic hydroxyl groups excluding tert-OH is 1. The Morgan fingerprint density at radius 3 is 1.22 bits per heavy atom. The van der Waals surface area contributed by atoms with E-state index in [0.717, 1.165) is 44.4 Å². The minimum Gasteiger partial charge on any atom is -0.463 e. The third kappa shape index (κ3) is 29.3. The van der Waals surface area contributed by atoms with Crippen molar-refractivity contribution >= 4 is 11.9 Å². The number of carbonyl (C=O) groups excluding carboxylic acids is 2. The van der Waals surface area contributed by atoms with Crippen molar-refractivity contribution < 1.29 is 24.2 Å². The minimum atomic E-state index is -0.953. The number of esters is 2. The molecule has 0 radical (unpaired) electrons. The van der Waals surface area contributed by atoms with Gasteiger partial charge >= 0.3 is 11.9 Å². The van der Waals surface area contributed by atoms with Gasteiger partial charge in [-0.1, -0.05) is 143 Å². The third-order valence-corrected chi connectivity index (χ3v) is 7.02. The van der Waals surface area contributed by atoms with E-state index in [0.29, 0.717) is 12.8 Å². The number of hydrogen-bond donors (Lipinski definition) is 1. The molecule has 0 aromatic rings. The molecule has 0 heterocycles. The summed E-state index contributed by atoms with van der Waals surface area (Å²) in [5.41, 5.74) is 0. The maximum absolute atomic E-state index is 11.9. The first-order valence-corrected chi connectivity index (χ1v) is 15.9. The fourth-order valence-corrected chi connectivity index (χ4v) is 4.56. The van der Waals surface area contributed by atoms with Gasteiger partial charge in [0, 0.05) is 12.8 Å². The molecular weight excluding hydrogens is 464 g/mol. The average molecular weight is 527 g/mol. The van der Waals surface area contributed by atoms with E-state index in [9.17, 15) is 14.7 Å². The third-order valence-electron chi connectivity index (χ3n) is 7.02. The molecule has 0 saturated carbocycles. The van der Waals surface area contributed by atoms with Gasteiger partial charge in [-0.25, -0.2) is 0 Å². The van der Waals surface area contributed by atoms with Gasteiger partial charge in [0.25, 0.3) is 0 Å². The fourth-order valence-electron chi connectivity index (χ4n) is 4.56. The Balaban J connectivity index is 3.42. The van der Waals surface area contributed by atoms with Crippen LogP contribution in [0.2, 0.25) is 0 Å². The van der Waals surface area contributed by atoms with E-state index in [1.807, 2.05) is 0 Å². The van der Waals surface area contributed by atoms with E-state index >= 15 is 0 Å². The standard InChI is InChI=1S/C32H62O5/c1-4-5-6-7-8-9-13-16-19-22-25-31(34)36-27-30(33)28-37-32(35)26-23-20-17-14-11-10-12-15-18-21-24-29(2)3/h29-30,33H,4-28H2,1-3H3/t30-/m1/s1. The van der Waals surface area contributed by atoms with Crippen molar-refractivity contribution in [3.05, 3.63) is 0 Å². The summed E-state index contributed by atoms with van der Waals surface area (Å²) < 4.78 is 10.2. The predicted molar refractivity (Wildman–Crippen MR) is 155 cm³/mol. The van der Waals surface area contributed by atoms with Crippen molar-refractivity contribution in [2.75, 3.05) is 13.2 Å². The summed E-state index contributed by atoms with van der Waals surface area (Å²) in [6, 6.07) is 0. The number of hydrogen-bond acceptors (Lipinski definition) is 5. The second-order valence-electron chi connectivity index (χ2n) is 11.4. The summed E-state index contributed by atoms with van der Waals surface area (Å²) >= 11 is 0. The molecule has 0 aliphatic rings. The van der Waals surface area contributed by atoms with Crippen LogP contribution in [0.15, 0.2) is 0 Å². The van der Waals surface area contributed by atoms with Crippen LogP contribution in [0.1, 0.15) is 168 Å². The number of ether oxygens (including phenoxy) is 2. The number of rotatable bonds is 28. The fraction of sp³-hybridized carbons (Fsp3) is 0.938. The van der Waals surface area contributed by atoms with E-state index in [1.54, 1.807) is 0 Å². The largest absolute Gasteiger partial charge is 0.463 e. The number of aliphatic hydroxyl groups is 1. The van der Waals surface area contributed by atoms with Crippen molar-refractivity contribution in [2.45, 2.75) is 175 Å². The lowest BCUT2D eigenvalue weighted by Crippen LogP contribution is -2.25. The smallest absolute Gasteiger partial charge is 0.305 e. The molecule has 0 rings (SSSR count). The Labute approximate surface area is 229 Å². The van der Waals surface area contributed by atoms with Gasteiger partial charge in [0.05, 0.1) is 0 Å². The van der Waals surface area contributed by atoms with Crippen LogP contribution >= 0.6 is 0 Å². The molecule has 0 amide bonds. The molecule has 5 nitrogen and oxygen atoms in total. The molecule has 220 valence electrons. The highest BCUT2D eigenvalue weighted by Gasteiger charge is 2.12. The van der Waals surface area contributed by atoms with Gasteiger partial charge in [0.2, 0.25) is 0 Å². The molecule has 0 aliphatic carbocycles. The molecule has 0 aliphatic heterocycles. The summed E-state index contributed by atoms with van der Waals surface area (Å²) in [5, 5.41) is 9.92. The Bertz CT molecular complexity index is 505. The van der Waals surface area contributed by atoms with Crippen molar-refractivity contribution in [1.29, 1.82) is 0 Å². The summed E-state index contributed by atoms with van der Waals surface area (Å²) in [7, 11) is 0. The van der Waals surface area contributed by atoms with E-state index in [2.05, 4.69) is 20.8 Å². The van der Waals surface area contributed by atoms with Crippen LogP contribution in [0.3, 0.4) is 0 Å². The zero-order valence-corrected chi connectivity index (χ0v) is 24.9. The van der Waals surface area contributed by atoms with E-state index < -0.39 is 6.10 Å². The molecule has 0 spiro atoms. The second kappa shape index (κ2) is 27.9. The van der Waals surface area contributed by atoms with Crippen LogP contribution < -0.4 is 0 Å². The van der Waals surface area contributed by atoms with Gasteiger partial charge in [-0.05, 0) is 18.8 Å². The van der Waals surface area contributed by atoms with Crippen LogP contribution in [0.25, 0.3) is 0 Å². The monoisotopic (exact) mass is 526 g/mol. The number of unbranched alkanes of at least 4 members (excludes halogenated alkanes) is 18. The van der Waals surface area contributed by atoms with Crippen LogP contribution in [0, 0.1) is 5.92 Å². The predicted octanol–water partition coefficient (Wildman–Crippen LogP) is 9.08. The second-order valence-corrected chi connectivity index (χ2v) is 11.4. The van der Waals surface area contributed by atoms with E-state index in [-0.39, 0.29) is 25.2 Å². The first kappa shape index (κ1) is 35.9. The molecule has 0 aromatic carbocycles. The van der Waals surface area contributed by atoms with Gasteiger partial charge in [0.15, 0.2) is 0 Å². The van der Waals surface area contributed by atoms with Crippen molar-refractivity contribution in [3.8, 4) is 0 Å². The highest BCUT2D eigenvalue weighted by atomic mass is 16.6. The lowest BCUT2D eigenvalue weighted by molar-refractivity contribution is -0.152. The quantitative estimate of drug-likeness (QED) is 0.0813. The van der Waals surface area contributed by atoms with Crippen LogP contribution in [0.5, 0.6) is 0 Å². The zero-order chi connectivity index (χ0) is 27.4. The molecule has 0 saturated heterocycles. The Kier molecular flexibility index (Phi) is 27.1. The van der Waals surface area contributed by atoms with Crippen LogP contribution in [0.4, 0.5) is 0 Å². The van der Waals surface area contributed by atoms with Gasteiger partial charge in [-0.15, -0.1) is 0 Å². The normalized spacial score (nSPS) is 12.1. The molecule has 37 heavy (non-hydrogen) atoms. The maximum Gasteiger partial charge on any atom is 0.305 e. The molecule has 0 unspecified atom stereocenters. The summed E-state index contributed by atoms with van der Waals surface area (Å²) in [4.78, 5) is 23.7.